The maximum atomic E-state index is 10.5. The van der Waals surface area contributed by atoms with Crippen LogP contribution >= 0.6 is 23.3 Å². The van der Waals surface area contributed by atoms with Crippen LogP contribution in [-0.2, 0) is 5.60 Å². The van der Waals surface area contributed by atoms with Gasteiger partial charge in [-0.15, -0.1) is 0 Å². The fourth-order valence-corrected chi connectivity index (χ4v) is 6.27. The number of aromatic nitrogens is 2. The molecule has 6 nitrogen and oxygen atoms in total. The summed E-state index contributed by atoms with van der Waals surface area (Å²) >= 11 is 3.17. The zero-order valence-electron chi connectivity index (χ0n) is 17.2. The van der Waals surface area contributed by atoms with Gasteiger partial charge < -0.3 is 14.9 Å². The fraction of sp³-hybridized carbons (Fsp3) is 0.500. The quantitative estimate of drug-likeness (QED) is 0.492. The molecular weight excluding hydrogens is 418 g/mol. The highest BCUT2D eigenvalue weighted by atomic mass is 32.2. The van der Waals surface area contributed by atoms with Crippen molar-refractivity contribution in [3.05, 3.63) is 35.0 Å². The topological polar surface area (TPSA) is 79.0 Å². The van der Waals surface area contributed by atoms with Crippen LogP contribution in [-0.4, -0.2) is 38.9 Å². The van der Waals surface area contributed by atoms with E-state index in [1.54, 1.807) is 30.4 Å². The van der Waals surface area contributed by atoms with E-state index in [0.29, 0.717) is 6.04 Å². The monoisotopic (exact) mass is 445 g/mol. The molecular formula is C22H27N3O3S2. The predicted molar refractivity (Wildman–Crippen MR) is 120 cm³/mol. The first kappa shape index (κ1) is 20.3. The third kappa shape index (κ3) is 3.76. The van der Waals surface area contributed by atoms with Crippen molar-refractivity contribution in [1.82, 2.24) is 14.1 Å². The minimum atomic E-state index is -0.644. The van der Waals surface area contributed by atoms with Gasteiger partial charge in [-0.1, -0.05) is 11.3 Å². The molecule has 2 aliphatic carbocycles. The van der Waals surface area contributed by atoms with Gasteiger partial charge in [0.25, 0.3) is 0 Å². The lowest BCUT2D eigenvalue weighted by Gasteiger charge is -2.26. The van der Waals surface area contributed by atoms with Crippen molar-refractivity contribution in [3.63, 3.8) is 0 Å². The highest BCUT2D eigenvalue weighted by molar-refractivity contribution is 7.97. The Balaban J connectivity index is 1.44. The normalized spacial score (nSPS) is 23.1. The molecule has 160 valence electrons. The lowest BCUT2D eigenvalue weighted by Crippen LogP contribution is -2.30. The molecule has 3 N–H and O–H groups in total. The van der Waals surface area contributed by atoms with Gasteiger partial charge >= 0.3 is 0 Å². The Labute approximate surface area is 184 Å². The number of thiazole rings is 1. The Kier molecular flexibility index (Phi) is 5.31. The summed E-state index contributed by atoms with van der Waals surface area (Å²) in [5, 5.41) is 20.2. The van der Waals surface area contributed by atoms with Crippen LogP contribution in [0, 0.1) is 6.92 Å². The second kappa shape index (κ2) is 7.84. The van der Waals surface area contributed by atoms with Gasteiger partial charge in [-0.2, -0.15) is 0 Å². The average molecular weight is 446 g/mol. The SMILES string of the molecule is COc1ccc(-c2c(C)nc3sc(C4(O)CC4)cn23)cc1SNC1CCC(O)CC1. The standard InChI is InChI=1S/C22H27N3O3S2/c1-13-20(25-12-19(22(27)9-10-22)29-21(25)23-13)14-3-8-17(28-2)18(11-14)30-24-15-4-6-16(26)7-5-15/h3,8,11-12,15-16,24,26-27H,4-7,9-10H2,1-2H3. The summed E-state index contributed by atoms with van der Waals surface area (Å²) in [5.41, 5.74) is 2.47. The number of fused-ring (bicyclic) bond motifs is 1. The summed E-state index contributed by atoms with van der Waals surface area (Å²) in [6.07, 6.45) is 7.24. The molecule has 2 fully saturated rings. The van der Waals surface area contributed by atoms with Crippen molar-refractivity contribution in [2.24, 2.45) is 0 Å². The van der Waals surface area contributed by atoms with E-state index in [2.05, 4.69) is 21.3 Å². The number of aryl methyl sites for hydroxylation is 1. The Morgan fingerprint density at radius 2 is 2.03 bits per heavy atom. The highest BCUT2D eigenvalue weighted by Crippen LogP contribution is 2.48. The van der Waals surface area contributed by atoms with Crippen molar-refractivity contribution < 1.29 is 14.9 Å². The van der Waals surface area contributed by atoms with Crippen LogP contribution in [0.4, 0.5) is 0 Å². The van der Waals surface area contributed by atoms with Gasteiger partial charge in [0.1, 0.15) is 11.4 Å². The highest BCUT2D eigenvalue weighted by Gasteiger charge is 2.44. The summed E-state index contributed by atoms with van der Waals surface area (Å²) in [7, 11) is 1.69. The lowest BCUT2D eigenvalue weighted by atomic mass is 9.94. The number of hydrogen-bond acceptors (Lipinski definition) is 7. The first-order chi connectivity index (χ1) is 14.5. The Morgan fingerprint density at radius 3 is 2.73 bits per heavy atom. The van der Waals surface area contributed by atoms with Crippen LogP contribution in [0.25, 0.3) is 16.2 Å². The number of aliphatic hydroxyl groups is 2. The summed E-state index contributed by atoms with van der Waals surface area (Å²) in [5.74, 6) is 0.837. The van der Waals surface area contributed by atoms with E-state index in [0.717, 1.165) is 76.0 Å². The van der Waals surface area contributed by atoms with Crippen molar-refractivity contribution in [2.45, 2.75) is 68.1 Å². The molecule has 1 aromatic carbocycles. The number of nitrogens with zero attached hydrogens (tertiary/aromatic N) is 2. The number of rotatable bonds is 6. The molecule has 0 aliphatic heterocycles. The van der Waals surface area contributed by atoms with Gasteiger partial charge in [-0.3, -0.25) is 9.12 Å². The maximum Gasteiger partial charge on any atom is 0.194 e. The van der Waals surface area contributed by atoms with Crippen LogP contribution < -0.4 is 9.46 Å². The van der Waals surface area contributed by atoms with Crippen LogP contribution in [0.5, 0.6) is 5.75 Å². The average Bonchev–Trinajstić information content (AvgIpc) is 3.23. The third-order valence-electron chi connectivity index (χ3n) is 6.15. The van der Waals surface area contributed by atoms with Crippen molar-refractivity contribution in [2.75, 3.05) is 7.11 Å². The van der Waals surface area contributed by atoms with E-state index < -0.39 is 5.60 Å². The van der Waals surface area contributed by atoms with E-state index in [1.807, 2.05) is 19.2 Å². The number of hydrogen-bond donors (Lipinski definition) is 3. The first-order valence-corrected chi connectivity index (χ1v) is 12.1. The summed E-state index contributed by atoms with van der Waals surface area (Å²) < 4.78 is 11.3. The van der Waals surface area contributed by atoms with Gasteiger partial charge in [0, 0.05) is 17.8 Å². The largest absolute Gasteiger partial charge is 0.496 e. The zero-order valence-corrected chi connectivity index (χ0v) is 18.9. The molecule has 0 saturated heterocycles. The van der Waals surface area contributed by atoms with Gasteiger partial charge in [-0.25, -0.2) is 4.98 Å². The predicted octanol–water partition coefficient (Wildman–Crippen LogP) is 4.26. The summed E-state index contributed by atoms with van der Waals surface area (Å²) in [4.78, 5) is 7.69. The van der Waals surface area contributed by atoms with E-state index in [-0.39, 0.29) is 6.10 Å². The summed E-state index contributed by atoms with van der Waals surface area (Å²) in [6.45, 7) is 2.03. The molecule has 0 unspecified atom stereocenters. The van der Waals surface area contributed by atoms with E-state index in [9.17, 15) is 10.2 Å². The Hall–Kier alpha value is -1.58. The minimum absolute atomic E-state index is 0.151. The molecule has 5 rings (SSSR count). The molecule has 0 spiro atoms. The van der Waals surface area contributed by atoms with Crippen molar-refractivity contribution >= 4 is 28.2 Å². The molecule has 2 aliphatic rings. The molecule has 0 radical (unpaired) electrons. The number of methoxy groups -OCH3 is 1. The van der Waals surface area contributed by atoms with Gasteiger partial charge in [-0.05, 0) is 75.6 Å². The Morgan fingerprint density at radius 1 is 1.27 bits per heavy atom. The third-order valence-corrected chi connectivity index (χ3v) is 8.32. The number of benzene rings is 1. The molecule has 2 saturated carbocycles. The van der Waals surface area contributed by atoms with Crippen LogP contribution in [0.15, 0.2) is 29.3 Å². The number of nitrogens with one attached hydrogen (secondary N) is 1. The number of imidazole rings is 1. The molecule has 30 heavy (non-hydrogen) atoms. The second-order valence-electron chi connectivity index (χ2n) is 8.42. The second-order valence-corrected chi connectivity index (χ2v) is 10.3. The lowest BCUT2D eigenvalue weighted by molar-refractivity contribution is 0.121. The van der Waals surface area contributed by atoms with Gasteiger partial charge in [0.2, 0.25) is 0 Å². The smallest absolute Gasteiger partial charge is 0.194 e. The maximum absolute atomic E-state index is 10.5. The molecule has 0 atom stereocenters. The van der Waals surface area contributed by atoms with Gasteiger partial charge in [0.05, 0.1) is 34.4 Å². The minimum Gasteiger partial charge on any atom is -0.496 e. The molecule has 8 heteroatoms. The summed E-state index contributed by atoms with van der Waals surface area (Å²) in [6, 6.07) is 6.62. The first-order valence-electron chi connectivity index (χ1n) is 10.5. The van der Waals surface area contributed by atoms with Crippen molar-refractivity contribution in [3.8, 4) is 17.0 Å². The number of aliphatic hydroxyl groups excluding tert-OH is 1. The molecule has 2 heterocycles. The van der Waals surface area contributed by atoms with Crippen LogP contribution in [0.3, 0.4) is 0 Å². The van der Waals surface area contributed by atoms with E-state index in [1.165, 1.54) is 0 Å². The van der Waals surface area contributed by atoms with Crippen LogP contribution in [0.2, 0.25) is 0 Å². The fourth-order valence-electron chi connectivity index (χ4n) is 4.13. The van der Waals surface area contributed by atoms with E-state index in [4.69, 9.17) is 9.72 Å². The molecule has 0 bridgehead atoms. The molecule has 2 aromatic heterocycles. The van der Waals surface area contributed by atoms with Crippen LogP contribution in [0.1, 0.15) is 49.1 Å². The molecule has 3 aromatic rings. The molecule has 0 amide bonds. The van der Waals surface area contributed by atoms with Gasteiger partial charge in [0.15, 0.2) is 4.96 Å². The Bertz CT molecular complexity index is 1070. The number of ether oxygens (including phenoxy) is 1. The van der Waals surface area contributed by atoms with E-state index >= 15 is 0 Å². The van der Waals surface area contributed by atoms with Crippen molar-refractivity contribution in [1.29, 1.82) is 0 Å². The zero-order chi connectivity index (χ0) is 20.9.